The van der Waals surface area contributed by atoms with Gasteiger partial charge in [-0.25, -0.2) is 15.0 Å². The number of pyridine rings is 1. The summed E-state index contributed by atoms with van der Waals surface area (Å²) in [7, 11) is 0. The number of hydrogen-bond acceptors (Lipinski definition) is 9. The van der Waals surface area contributed by atoms with E-state index in [0.717, 1.165) is 12.1 Å². The fourth-order valence-electron chi connectivity index (χ4n) is 3.19. The van der Waals surface area contributed by atoms with Gasteiger partial charge in [0.15, 0.2) is 17.7 Å². The van der Waals surface area contributed by atoms with Crippen molar-refractivity contribution in [1.29, 1.82) is 0 Å². The van der Waals surface area contributed by atoms with E-state index in [4.69, 9.17) is 10.5 Å². The van der Waals surface area contributed by atoms with Gasteiger partial charge in [-0.05, 0) is 12.1 Å². The van der Waals surface area contributed by atoms with Crippen molar-refractivity contribution >= 4 is 17.0 Å². The predicted octanol–water partition coefficient (Wildman–Crippen LogP) is -0.745. The molecule has 0 bridgehead atoms. The second kappa shape index (κ2) is 7.53. The highest BCUT2D eigenvalue weighted by molar-refractivity contribution is 5.81. The highest BCUT2D eigenvalue weighted by Crippen LogP contribution is 2.31. The Morgan fingerprint density at radius 3 is 2.85 bits per heavy atom. The molecule has 0 unspecified atom stereocenters. The van der Waals surface area contributed by atoms with Gasteiger partial charge in [0, 0.05) is 31.4 Å². The van der Waals surface area contributed by atoms with Crippen molar-refractivity contribution < 1.29 is 14.9 Å². The lowest BCUT2D eigenvalue weighted by Crippen LogP contribution is -2.38. The first-order valence-corrected chi connectivity index (χ1v) is 8.70. The van der Waals surface area contributed by atoms with Crippen molar-refractivity contribution in [3.63, 3.8) is 0 Å². The van der Waals surface area contributed by atoms with Crippen LogP contribution < -0.4 is 11.1 Å². The second-order valence-corrected chi connectivity index (χ2v) is 6.40. The van der Waals surface area contributed by atoms with Gasteiger partial charge in [-0.15, -0.1) is 0 Å². The first kappa shape index (κ1) is 17.7. The minimum absolute atomic E-state index is 0.250. The topological polar surface area (TPSA) is 144 Å². The molecular weight excluding hydrogens is 350 g/mol. The van der Waals surface area contributed by atoms with Gasteiger partial charge in [0.1, 0.15) is 30.2 Å². The minimum atomic E-state index is -1.11. The molecule has 0 spiro atoms. The van der Waals surface area contributed by atoms with E-state index in [1.807, 2.05) is 18.2 Å². The van der Waals surface area contributed by atoms with Gasteiger partial charge in [-0.1, -0.05) is 6.07 Å². The number of anilines is 1. The van der Waals surface area contributed by atoms with Crippen LogP contribution in [0, 0.1) is 0 Å². The lowest BCUT2D eigenvalue weighted by Gasteiger charge is -2.16. The summed E-state index contributed by atoms with van der Waals surface area (Å²) in [6, 6.07) is 5.78. The van der Waals surface area contributed by atoms with E-state index in [1.165, 1.54) is 12.7 Å². The van der Waals surface area contributed by atoms with E-state index < -0.39 is 24.5 Å². The summed E-state index contributed by atoms with van der Waals surface area (Å²) in [4.78, 5) is 16.5. The smallest absolute Gasteiger partial charge is 0.167 e. The van der Waals surface area contributed by atoms with Crippen molar-refractivity contribution in [2.24, 2.45) is 0 Å². The zero-order chi connectivity index (χ0) is 18.8. The lowest BCUT2D eigenvalue weighted by molar-refractivity contribution is -0.0341. The number of nitrogens with one attached hydrogen (secondary N) is 1. The third kappa shape index (κ3) is 3.47. The van der Waals surface area contributed by atoms with Crippen LogP contribution in [0.25, 0.3) is 11.2 Å². The van der Waals surface area contributed by atoms with Gasteiger partial charge < -0.3 is 26.0 Å². The molecule has 10 nitrogen and oxygen atoms in total. The molecule has 4 rings (SSSR count). The molecule has 0 aromatic carbocycles. The Kier molecular flexibility index (Phi) is 4.94. The van der Waals surface area contributed by atoms with Gasteiger partial charge in [0.25, 0.3) is 0 Å². The first-order chi connectivity index (χ1) is 13.1. The Balaban J connectivity index is 1.39. The molecule has 3 aromatic heterocycles. The molecule has 3 aromatic rings. The molecule has 0 saturated carbocycles. The lowest BCUT2D eigenvalue weighted by atomic mass is 10.1. The number of fused-ring (bicyclic) bond motifs is 1. The standard InChI is InChI=1S/C17H21N7O3/c18-15-12-16(22-8-21-15)24(9-23-12)17-14(26)13(25)11(27-17)7-19-6-4-10-3-1-2-5-20-10/h1-3,5,8-9,11,13-14,17,19,25-26H,4,6-7H2,(H2,18,21,22)/t11-,13+,14-,17+/m1/s1. The van der Waals surface area contributed by atoms with E-state index >= 15 is 0 Å². The molecule has 0 aliphatic carbocycles. The van der Waals surface area contributed by atoms with Crippen molar-refractivity contribution in [2.75, 3.05) is 18.8 Å². The van der Waals surface area contributed by atoms with E-state index in [0.29, 0.717) is 24.3 Å². The highest BCUT2D eigenvalue weighted by Gasteiger charge is 2.44. The normalized spacial score (nSPS) is 25.3. The van der Waals surface area contributed by atoms with Crippen LogP contribution in [0.1, 0.15) is 11.9 Å². The van der Waals surface area contributed by atoms with E-state index in [-0.39, 0.29) is 5.82 Å². The van der Waals surface area contributed by atoms with Crippen LogP contribution >= 0.6 is 0 Å². The Morgan fingerprint density at radius 1 is 1.15 bits per heavy atom. The van der Waals surface area contributed by atoms with Gasteiger partial charge in [0.2, 0.25) is 0 Å². The number of aromatic nitrogens is 5. The summed E-state index contributed by atoms with van der Waals surface area (Å²) in [5.41, 5.74) is 7.65. The number of ether oxygens (including phenoxy) is 1. The number of rotatable bonds is 6. The molecule has 0 amide bonds. The Bertz CT molecular complexity index is 904. The van der Waals surface area contributed by atoms with E-state index in [2.05, 4.69) is 25.3 Å². The number of aliphatic hydroxyl groups excluding tert-OH is 2. The maximum absolute atomic E-state index is 10.4. The molecule has 1 aliphatic heterocycles. The zero-order valence-corrected chi connectivity index (χ0v) is 14.5. The summed E-state index contributed by atoms with van der Waals surface area (Å²) in [6.07, 6.45) is 1.81. The quantitative estimate of drug-likeness (QED) is 0.411. The van der Waals surface area contributed by atoms with Crippen LogP contribution in [0.15, 0.2) is 37.1 Å². The molecule has 1 aliphatic rings. The number of nitrogen functional groups attached to an aromatic ring is 1. The number of hydrogen-bond donors (Lipinski definition) is 4. The summed E-state index contributed by atoms with van der Waals surface area (Å²) in [6.45, 7) is 1.08. The molecule has 10 heteroatoms. The Morgan fingerprint density at radius 2 is 2.04 bits per heavy atom. The van der Waals surface area contributed by atoms with Crippen molar-refractivity contribution in [3.8, 4) is 0 Å². The third-order valence-electron chi connectivity index (χ3n) is 4.63. The first-order valence-electron chi connectivity index (χ1n) is 8.70. The summed E-state index contributed by atoms with van der Waals surface area (Å²) in [5.74, 6) is 0.250. The molecule has 5 N–H and O–H groups in total. The Hall–Kier alpha value is -2.66. The van der Waals surface area contributed by atoms with Gasteiger partial charge in [0.05, 0.1) is 6.33 Å². The summed E-state index contributed by atoms with van der Waals surface area (Å²) < 4.78 is 7.44. The van der Waals surface area contributed by atoms with Crippen molar-refractivity contribution in [1.82, 2.24) is 29.8 Å². The Labute approximate surface area is 155 Å². The van der Waals surface area contributed by atoms with Crippen LogP contribution in [0.4, 0.5) is 5.82 Å². The average molecular weight is 371 g/mol. The zero-order valence-electron chi connectivity index (χ0n) is 14.5. The molecule has 0 radical (unpaired) electrons. The molecule has 1 saturated heterocycles. The third-order valence-corrected chi connectivity index (χ3v) is 4.63. The molecule has 27 heavy (non-hydrogen) atoms. The number of aliphatic hydroxyl groups is 2. The fraction of sp³-hybridized carbons (Fsp3) is 0.412. The van der Waals surface area contributed by atoms with E-state index in [1.54, 1.807) is 10.8 Å². The predicted molar refractivity (Wildman–Crippen MR) is 96.5 cm³/mol. The molecule has 142 valence electrons. The minimum Gasteiger partial charge on any atom is -0.387 e. The van der Waals surface area contributed by atoms with Crippen LogP contribution in [-0.4, -0.2) is 66.1 Å². The number of imidazole rings is 1. The molecular formula is C17H21N7O3. The molecule has 1 fully saturated rings. The molecule has 4 atom stereocenters. The van der Waals surface area contributed by atoms with Gasteiger partial charge >= 0.3 is 0 Å². The summed E-state index contributed by atoms with van der Waals surface area (Å²) in [5, 5.41) is 24.0. The van der Waals surface area contributed by atoms with Gasteiger partial charge in [-0.2, -0.15) is 0 Å². The van der Waals surface area contributed by atoms with Crippen LogP contribution in [-0.2, 0) is 11.2 Å². The van der Waals surface area contributed by atoms with Crippen LogP contribution in [0.2, 0.25) is 0 Å². The van der Waals surface area contributed by atoms with Gasteiger partial charge in [-0.3, -0.25) is 9.55 Å². The summed E-state index contributed by atoms with van der Waals surface area (Å²) >= 11 is 0. The number of nitrogens with zero attached hydrogens (tertiary/aromatic N) is 5. The maximum Gasteiger partial charge on any atom is 0.167 e. The number of nitrogens with two attached hydrogens (primary N) is 1. The largest absolute Gasteiger partial charge is 0.387 e. The average Bonchev–Trinajstić information content (AvgIpc) is 3.23. The second-order valence-electron chi connectivity index (χ2n) is 6.40. The monoisotopic (exact) mass is 371 g/mol. The molecule has 4 heterocycles. The highest BCUT2D eigenvalue weighted by atomic mass is 16.6. The van der Waals surface area contributed by atoms with Crippen molar-refractivity contribution in [2.45, 2.75) is 31.0 Å². The van der Waals surface area contributed by atoms with Crippen LogP contribution in [0.5, 0.6) is 0 Å². The van der Waals surface area contributed by atoms with E-state index in [9.17, 15) is 10.2 Å². The fourth-order valence-corrected chi connectivity index (χ4v) is 3.19. The van der Waals surface area contributed by atoms with Crippen LogP contribution in [0.3, 0.4) is 0 Å². The maximum atomic E-state index is 10.4. The van der Waals surface area contributed by atoms with Crippen molar-refractivity contribution in [3.05, 3.63) is 42.7 Å². The SMILES string of the molecule is Nc1ncnc2c1ncn2[C@H]1O[C@H](CNCCc2ccccn2)[C@H](O)[C@H]1O.